The van der Waals surface area contributed by atoms with Crippen molar-refractivity contribution in [3.05, 3.63) is 66.2 Å². The smallest absolute Gasteiger partial charge is 0.408 e. The van der Waals surface area contributed by atoms with Gasteiger partial charge in [-0.25, -0.2) is 9.59 Å². The first-order valence-corrected chi connectivity index (χ1v) is 10.9. The van der Waals surface area contributed by atoms with Crippen LogP contribution in [0.4, 0.5) is 4.79 Å². The van der Waals surface area contributed by atoms with Crippen molar-refractivity contribution in [2.45, 2.75) is 51.5 Å². The van der Waals surface area contributed by atoms with Gasteiger partial charge in [-0.15, -0.1) is 0 Å². The van der Waals surface area contributed by atoms with Crippen LogP contribution in [-0.4, -0.2) is 49.6 Å². The predicted molar refractivity (Wildman–Crippen MR) is 119 cm³/mol. The molecule has 0 aliphatic carbocycles. The standard InChI is InChI=1S/C25H31NO6/c1-17(2)30-25(28)26-22-15-29-16-23(32-20-12-8-5-9-13-20)21(18(3)31-24(22)27)14-19-10-6-4-7-11-19/h4-13,17-18,21-23H,14-16H2,1-3H3,(H,26,28). The Morgan fingerprint density at radius 2 is 1.72 bits per heavy atom. The lowest BCUT2D eigenvalue weighted by molar-refractivity contribution is -0.154. The van der Waals surface area contributed by atoms with Crippen molar-refractivity contribution >= 4 is 12.1 Å². The maximum absolute atomic E-state index is 12.8. The molecule has 3 rings (SSSR count). The number of alkyl carbamates (subject to hydrolysis) is 1. The Kier molecular flexibility index (Phi) is 8.50. The Balaban J connectivity index is 1.80. The molecule has 1 amide bonds. The molecule has 4 atom stereocenters. The van der Waals surface area contributed by atoms with Gasteiger partial charge in [-0.05, 0) is 44.9 Å². The fourth-order valence-corrected chi connectivity index (χ4v) is 3.62. The SMILES string of the molecule is CC(C)OC(=O)NC1COCC(Oc2ccccc2)C(Cc2ccccc2)C(C)OC1=O. The Bertz CT molecular complexity index is 857. The highest BCUT2D eigenvalue weighted by Crippen LogP contribution is 2.25. The third kappa shape index (κ3) is 6.99. The van der Waals surface area contributed by atoms with Gasteiger partial charge in [-0.2, -0.15) is 0 Å². The van der Waals surface area contributed by atoms with E-state index in [0.29, 0.717) is 12.2 Å². The highest BCUT2D eigenvalue weighted by Gasteiger charge is 2.36. The van der Waals surface area contributed by atoms with Crippen LogP contribution in [0.5, 0.6) is 5.75 Å². The summed E-state index contributed by atoms with van der Waals surface area (Å²) < 4.78 is 23.0. The second-order valence-corrected chi connectivity index (χ2v) is 8.15. The van der Waals surface area contributed by atoms with Gasteiger partial charge < -0.3 is 24.3 Å². The van der Waals surface area contributed by atoms with E-state index in [1.54, 1.807) is 13.8 Å². The fourth-order valence-electron chi connectivity index (χ4n) is 3.62. The largest absolute Gasteiger partial charge is 0.488 e. The first-order valence-electron chi connectivity index (χ1n) is 10.9. The van der Waals surface area contributed by atoms with E-state index >= 15 is 0 Å². The van der Waals surface area contributed by atoms with Crippen molar-refractivity contribution in [1.29, 1.82) is 0 Å². The number of cyclic esters (lactones) is 1. The fraction of sp³-hybridized carbons (Fsp3) is 0.440. The lowest BCUT2D eigenvalue weighted by Crippen LogP contribution is -2.46. The molecule has 7 nitrogen and oxygen atoms in total. The molecule has 2 aromatic carbocycles. The van der Waals surface area contributed by atoms with Crippen LogP contribution in [0.15, 0.2) is 60.7 Å². The Morgan fingerprint density at radius 1 is 1.06 bits per heavy atom. The van der Waals surface area contributed by atoms with Crippen LogP contribution in [0, 0.1) is 5.92 Å². The summed E-state index contributed by atoms with van der Waals surface area (Å²) in [7, 11) is 0. The van der Waals surface area contributed by atoms with Gasteiger partial charge in [-0.1, -0.05) is 48.5 Å². The van der Waals surface area contributed by atoms with Crippen LogP contribution in [0.3, 0.4) is 0 Å². The highest BCUT2D eigenvalue weighted by molar-refractivity contribution is 5.81. The van der Waals surface area contributed by atoms with Crippen LogP contribution in [0.25, 0.3) is 0 Å². The molecule has 0 radical (unpaired) electrons. The second kappa shape index (κ2) is 11.5. The summed E-state index contributed by atoms with van der Waals surface area (Å²) >= 11 is 0. The summed E-state index contributed by atoms with van der Waals surface area (Å²) in [6.45, 7) is 5.52. The second-order valence-electron chi connectivity index (χ2n) is 8.15. The average molecular weight is 442 g/mol. The molecule has 4 unspecified atom stereocenters. The van der Waals surface area contributed by atoms with Gasteiger partial charge in [-0.3, -0.25) is 0 Å². The van der Waals surface area contributed by atoms with Crippen LogP contribution in [0.2, 0.25) is 0 Å². The number of hydrogen-bond donors (Lipinski definition) is 1. The third-order valence-corrected chi connectivity index (χ3v) is 5.21. The van der Waals surface area contributed by atoms with Gasteiger partial charge in [0, 0.05) is 5.92 Å². The number of ether oxygens (including phenoxy) is 4. The molecule has 32 heavy (non-hydrogen) atoms. The van der Waals surface area contributed by atoms with E-state index in [1.165, 1.54) is 0 Å². The van der Waals surface area contributed by atoms with Crippen molar-refractivity contribution in [2.75, 3.05) is 13.2 Å². The van der Waals surface area contributed by atoms with E-state index in [0.717, 1.165) is 5.56 Å². The Morgan fingerprint density at radius 3 is 2.38 bits per heavy atom. The van der Waals surface area contributed by atoms with Crippen LogP contribution in [-0.2, 0) is 25.4 Å². The zero-order chi connectivity index (χ0) is 22.9. The summed E-state index contributed by atoms with van der Waals surface area (Å²) in [6, 6.07) is 18.5. The lowest BCUT2D eigenvalue weighted by atomic mass is 9.89. The average Bonchev–Trinajstić information content (AvgIpc) is 2.80. The molecule has 1 fully saturated rings. The number of para-hydroxylation sites is 1. The van der Waals surface area contributed by atoms with Crippen molar-refractivity contribution in [1.82, 2.24) is 5.32 Å². The number of hydrogen-bond acceptors (Lipinski definition) is 6. The number of rotatable bonds is 6. The number of esters is 1. The van der Waals surface area contributed by atoms with Gasteiger partial charge in [0.2, 0.25) is 0 Å². The van der Waals surface area contributed by atoms with Crippen LogP contribution < -0.4 is 10.1 Å². The maximum Gasteiger partial charge on any atom is 0.408 e. The van der Waals surface area contributed by atoms with Crippen LogP contribution in [0.1, 0.15) is 26.3 Å². The topological polar surface area (TPSA) is 83.1 Å². The molecule has 7 heteroatoms. The van der Waals surface area contributed by atoms with Crippen LogP contribution >= 0.6 is 0 Å². The summed E-state index contributed by atoms with van der Waals surface area (Å²) in [5.74, 6) is -0.00771. The van der Waals surface area contributed by atoms with E-state index in [-0.39, 0.29) is 31.3 Å². The van der Waals surface area contributed by atoms with Crippen molar-refractivity contribution < 1.29 is 28.5 Å². The van der Waals surface area contributed by atoms with Gasteiger partial charge in [0.1, 0.15) is 18.0 Å². The minimum atomic E-state index is -0.962. The van der Waals surface area contributed by atoms with Gasteiger partial charge in [0.25, 0.3) is 0 Å². The van der Waals surface area contributed by atoms with Crippen molar-refractivity contribution in [3.63, 3.8) is 0 Å². The molecule has 1 aliphatic rings. The Labute approximate surface area is 189 Å². The molecule has 1 N–H and O–H groups in total. The maximum atomic E-state index is 12.8. The molecule has 0 saturated carbocycles. The van der Waals surface area contributed by atoms with Gasteiger partial charge in [0.15, 0.2) is 6.04 Å². The molecule has 0 aromatic heterocycles. The molecule has 1 heterocycles. The Hall–Kier alpha value is -3.06. The number of carbonyl (C=O) groups is 2. The van der Waals surface area contributed by atoms with E-state index in [1.807, 2.05) is 67.6 Å². The first-order chi connectivity index (χ1) is 15.4. The zero-order valence-electron chi connectivity index (χ0n) is 18.7. The van der Waals surface area contributed by atoms with Gasteiger partial charge >= 0.3 is 12.1 Å². The van der Waals surface area contributed by atoms with E-state index in [2.05, 4.69) is 5.32 Å². The zero-order valence-corrected chi connectivity index (χ0v) is 18.7. The number of nitrogens with one attached hydrogen (secondary N) is 1. The minimum absolute atomic E-state index is 0.0363. The molecular weight excluding hydrogens is 410 g/mol. The van der Waals surface area contributed by atoms with E-state index < -0.39 is 24.2 Å². The summed E-state index contributed by atoms with van der Waals surface area (Å²) in [6.07, 6.45) is -1.18. The van der Waals surface area contributed by atoms with Crippen molar-refractivity contribution in [3.8, 4) is 5.75 Å². The normalized spacial score (nSPS) is 23.9. The first kappa shape index (κ1) is 23.6. The van der Waals surface area contributed by atoms with E-state index in [4.69, 9.17) is 18.9 Å². The molecule has 1 aliphatic heterocycles. The summed E-state index contributed by atoms with van der Waals surface area (Å²) in [5.41, 5.74) is 1.11. The quantitative estimate of drug-likeness (QED) is 0.688. The molecule has 1 saturated heterocycles. The lowest BCUT2D eigenvalue weighted by Gasteiger charge is -2.31. The third-order valence-electron chi connectivity index (χ3n) is 5.21. The highest BCUT2D eigenvalue weighted by atomic mass is 16.6. The summed E-state index contributed by atoms with van der Waals surface area (Å²) in [5, 5.41) is 2.54. The monoisotopic (exact) mass is 441 g/mol. The summed E-state index contributed by atoms with van der Waals surface area (Å²) in [4.78, 5) is 24.8. The van der Waals surface area contributed by atoms with Crippen molar-refractivity contribution in [2.24, 2.45) is 5.92 Å². The molecular formula is C25H31NO6. The molecule has 0 bridgehead atoms. The van der Waals surface area contributed by atoms with Gasteiger partial charge in [0.05, 0.1) is 19.3 Å². The minimum Gasteiger partial charge on any atom is -0.488 e. The van der Waals surface area contributed by atoms with E-state index in [9.17, 15) is 9.59 Å². The molecule has 172 valence electrons. The number of amides is 1. The molecule has 2 aromatic rings. The number of carbonyl (C=O) groups excluding carboxylic acids is 2. The molecule has 0 spiro atoms. The predicted octanol–water partition coefficient (Wildman–Crippen LogP) is 3.76. The number of benzene rings is 2.